The fourth-order valence-electron chi connectivity index (χ4n) is 3.32. The number of Topliss-reactive ketones (excluding diaryl/α,β-unsaturated/α-hetero) is 1. The summed E-state index contributed by atoms with van der Waals surface area (Å²) < 4.78 is 0. The molecule has 0 amide bonds. The molecule has 1 aliphatic heterocycles. The van der Waals surface area contributed by atoms with Gasteiger partial charge in [-0.1, -0.05) is 27.7 Å². The lowest BCUT2D eigenvalue weighted by atomic mass is 9.73. The van der Waals surface area contributed by atoms with Gasteiger partial charge in [0.25, 0.3) is 0 Å². The first-order valence-corrected chi connectivity index (χ1v) is 7.47. The molecule has 0 aromatic carbocycles. The Labute approximate surface area is 113 Å². The summed E-state index contributed by atoms with van der Waals surface area (Å²) in [5.74, 6) is 1.06. The Kier molecular flexibility index (Phi) is 4.64. The van der Waals surface area contributed by atoms with Crippen molar-refractivity contribution in [3.8, 4) is 0 Å². The molecule has 1 heterocycles. The monoisotopic (exact) mass is 253 g/mol. The van der Waals surface area contributed by atoms with Gasteiger partial charge in [-0.2, -0.15) is 0 Å². The highest BCUT2D eigenvalue weighted by Gasteiger charge is 2.49. The molecule has 1 aliphatic rings. The lowest BCUT2D eigenvalue weighted by molar-refractivity contribution is -0.124. The fraction of sp³-hybridized carbons (Fsp3) is 0.938. The Hall–Kier alpha value is -0.370. The van der Waals surface area contributed by atoms with E-state index >= 15 is 0 Å². The highest BCUT2D eigenvalue weighted by molar-refractivity contribution is 5.84. The van der Waals surface area contributed by atoms with E-state index in [-0.39, 0.29) is 11.6 Å². The molecule has 0 unspecified atom stereocenters. The van der Waals surface area contributed by atoms with Gasteiger partial charge in [-0.05, 0) is 44.9 Å². The third-order valence-electron chi connectivity index (χ3n) is 4.97. The van der Waals surface area contributed by atoms with E-state index < -0.39 is 0 Å². The molecule has 106 valence electrons. The number of likely N-dealkylation sites (tertiary alicyclic amines) is 1. The summed E-state index contributed by atoms with van der Waals surface area (Å²) in [5, 5.41) is 0. The maximum Gasteiger partial charge on any atom is 0.149 e. The average Bonchev–Trinajstić information content (AvgIpc) is 2.69. The Balaban J connectivity index is 3.06. The van der Waals surface area contributed by atoms with Crippen LogP contribution in [0.2, 0.25) is 0 Å². The maximum absolute atomic E-state index is 12.3. The molecular formula is C16H31NO. The third kappa shape index (κ3) is 2.79. The number of hydrogen-bond donors (Lipinski definition) is 0. The van der Waals surface area contributed by atoms with Crippen molar-refractivity contribution < 1.29 is 4.79 Å². The number of ketones is 1. The average molecular weight is 253 g/mol. The van der Waals surface area contributed by atoms with Crippen molar-refractivity contribution in [2.45, 2.75) is 79.3 Å². The van der Waals surface area contributed by atoms with E-state index in [0.717, 1.165) is 13.0 Å². The van der Waals surface area contributed by atoms with Crippen LogP contribution >= 0.6 is 0 Å². The molecule has 0 aromatic heterocycles. The van der Waals surface area contributed by atoms with Crippen molar-refractivity contribution in [2.24, 2.45) is 11.3 Å². The smallest absolute Gasteiger partial charge is 0.149 e. The lowest BCUT2D eigenvalue weighted by Crippen LogP contribution is -2.48. The molecule has 2 heteroatoms. The van der Waals surface area contributed by atoms with Crippen LogP contribution in [-0.2, 0) is 4.79 Å². The summed E-state index contributed by atoms with van der Waals surface area (Å²) in [6.45, 7) is 16.6. The topological polar surface area (TPSA) is 20.3 Å². The molecule has 0 N–H and O–H groups in total. The molecule has 0 spiro atoms. The van der Waals surface area contributed by atoms with Gasteiger partial charge in [0.05, 0.1) is 6.04 Å². The summed E-state index contributed by atoms with van der Waals surface area (Å²) >= 11 is 0. The molecule has 18 heavy (non-hydrogen) atoms. The molecule has 0 aromatic rings. The van der Waals surface area contributed by atoms with Crippen LogP contribution in [-0.4, -0.2) is 28.8 Å². The van der Waals surface area contributed by atoms with Gasteiger partial charge in [-0.3, -0.25) is 9.69 Å². The van der Waals surface area contributed by atoms with Gasteiger partial charge in [0.2, 0.25) is 0 Å². The zero-order valence-electron chi connectivity index (χ0n) is 13.3. The first-order chi connectivity index (χ1) is 8.18. The van der Waals surface area contributed by atoms with E-state index in [1.54, 1.807) is 0 Å². The fourth-order valence-corrected chi connectivity index (χ4v) is 3.32. The van der Waals surface area contributed by atoms with Crippen molar-refractivity contribution in [1.29, 1.82) is 0 Å². The second-order valence-corrected chi connectivity index (χ2v) is 7.21. The summed E-state index contributed by atoms with van der Waals surface area (Å²) in [4.78, 5) is 14.7. The minimum Gasteiger partial charge on any atom is -0.298 e. The predicted octanol–water partition coefficient (Wildman–Crippen LogP) is 3.89. The van der Waals surface area contributed by atoms with E-state index in [2.05, 4.69) is 46.4 Å². The number of carbonyl (C=O) groups is 1. The van der Waals surface area contributed by atoms with Crippen LogP contribution in [0.4, 0.5) is 0 Å². The second kappa shape index (κ2) is 5.32. The molecule has 0 bridgehead atoms. The van der Waals surface area contributed by atoms with E-state index in [0.29, 0.717) is 23.5 Å². The van der Waals surface area contributed by atoms with E-state index in [4.69, 9.17) is 0 Å². The predicted molar refractivity (Wildman–Crippen MR) is 77.7 cm³/mol. The van der Waals surface area contributed by atoms with Crippen LogP contribution in [0.3, 0.4) is 0 Å². The first kappa shape index (κ1) is 15.7. The maximum atomic E-state index is 12.3. The number of rotatable bonds is 4. The molecule has 1 saturated heterocycles. The summed E-state index contributed by atoms with van der Waals surface area (Å²) in [7, 11) is 0. The van der Waals surface area contributed by atoms with Crippen LogP contribution in [0.1, 0.15) is 67.7 Å². The molecular weight excluding hydrogens is 222 g/mol. The van der Waals surface area contributed by atoms with Crippen LogP contribution in [0.25, 0.3) is 0 Å². The number of nitrogens with zero attached hydrogens (tertiary/aromatic N) is 1. The van der Waals surface area contributed by atoms with Gasteiger partial charge in [0, 0.05) is 18.5 Å². The van der Waals surface area contributed by atoms with Gasteiger partial charge in [0.15, 0.2) is 0 Å². The van der Waals surface area contributed by atoms with Gasteiger partial charge < -0.3 is 0 Å². The van der Waals surface area contributed by atoms with E-state index in [1.807, 2.05) is 6.92 Å². The quantitative estimate of drug-likeness (QED) is 0.757. The standard InChI is InChI=1S/C16H31NO/c1-8-14(18)13-10-16(9-2,12(3)4)11-17(13)15(5,6)7/h12-13H,8-11H2,1-7H3/t13-,16-/m0/s1. The van der Waals surface area contributed by atoms with Crippen LogP contribution in [0.15, 0.2) is 0 Å². The molecule has 0 aliphatic carbocycles. The molecule has 1 fully saturated rings. The van der Waals surface area contributed by atoms with Crippen LogP contribution in [0.5, 0.6) is 0 Å². The van der Waals surface area contributed by atoms with Gasteiger partial charge in [-0.25, -0.2) is 0 Å². The minimum absolute atomic E-state index is 0.0846. The molecule has 0 radical (unpaired) electrons. The van der Waals surface area contributed by atoms with Crippen molar-refractivity contribution in [1.82, 2.24) is 4.90 Å². The Morgan fingerprint density at radius 3 is 2.22 bits per heavy atom. The van der Waals surface area contributed by atoms with E-state index in [1.165, 1.54) is 6.42 Å². The SMILES string of the molecule is CCC(=O)[C@@H]1C[C@](CC)(C(C)C)CN1C(C)(C)C. The highest BCUT2D eigenvalue weighted by Crippen LogP contribution is 2.46. The van der Waals surface area contributed by atoms with Crippen molar-refractivity contribution in [3.63, 3.8) is 0 Å². The highest BCUT2D eigenvalue weighted by atomic mass is 16.1. The lowest BCUT2D eigenvalue weighted by Gasteiger charge is -2.38. The minimum atomic E-state index is 0.0846. The van der Waals surface area contributed by atoms with E-state index in [9.17, 15) is 4.79 Å². The molecule has 2 atom stereocenters. The Morgan fingerprint density at radius 1 is 1.33 bits per heavy atom. The normalized spacial score (nSPS) is 30.1. The van der Waals surface area contributed by atoms with Gasteiger partial charge in [-0.15, -0.1) is 0 Å². The van der Waals surface area contributed by atoms with Crippen molar-refractivity contribution in [2.75, 3.05) is 6.54 Å². The number of carbonyl (C=O) groups excluding carboxylic acids is 1. The van der Waals surface area contributed by atoms with Crippen molar-refractivity contribution in [3.05, 3.63) is 0 Å². The van der Waals surface area contributed by atoms with Gasteiger partial charge >= 0.3 is 0 Å². The molecule has 1 rings (SSSR count). The number of hydrogen-bond acceptors (Lipinski definition) is 2. The van der Waals surface area contributed by atoms with Crippen molar-refractivity contribution >= 4 is 5.78 Å². The second-order valence-electron chi connectivity index (χ2n) is 7.21. The first-order valence-electron chi connectivity index (χ1n) is 7.47. The zero-order valence-corrected chi connectivity index (χ0v) is 13.3. The summed E-state index contributed by atoms with van der Waals surface area (Å²) in [5.41, 5.74) is 0.407. The Morgan fingerprint density at radius 2 is 1.89 bits per heavy atom. The summed E-state index contributed by atoms with van der Waals surface area (Å²) in [6, 6.07) is 0.136. The zero-order chi connectivity index (χ0) is 14.1. The van der Waals surface area contributed by atoms with Gasteiger partial charge in [0.1, 0.15) is 5.78 Å². The molecule has 2 nitrogen and oxygen atoms in total. The summed E-state index contributed by atoms with van der Waals surface area (Å²) in [6.07, 6.45) is 2.88. The molecule has 0 saturated carbocycles. The van der Waals surface area contributed by atoms with Crippen LogP contribution < -0.4 is 0 Å². The van der Waals surface area contributed by atoms with Crippen LogP contribution in [0, 0.1) is 11.3 Å². The Bertz CT molecular complexity index is 303. The third-order valence-corrected chi connectivity index (χ3v) is 4.97. The largest absolute Gasteiger partial charge is 0.298 e.